The van der Waals surface area contributed by atoms with E-state index in [0.717, 1.165) is 31.2 Å². The van der Waals surface area contributed by atoms with E-state index in [9.17, 15) is 9.59 Å². The van der Waals surface area contributed by atoms with Gasteiger partial charge >= 0.3 is 0 Å². The second kappa shape index (κ2) is 6.47. The van der Waals surface area contributed by atoms with Crippen LogP contribution in [0.3, 0.4) is 0 Å². The summed E-state index contributed by atoms with van der Waals surface area (Å²) >= 11 is 0. The Kier molecular flexibility index (Phi) is 4.15. The Balaban J connectivity index is 1.56. The summed E-state index contributed by atoms with van der Waals surface area (Å²) in [4.78, 5) is 27.0. The number of carbonyl (C=O) groups excluding carboxylic acids is 2. The van der Waals surface area contributed by atoms with Crippen molar-refractivity contribution >= 4 is 11.7 Å². The lowest BCUT2D eigenvalue weighted by Crippen LogP contribution is -2.53. The number of aryl methyl sites for hydroxylation is 1. The van der Waals surface area contributed by atoms with Crippen LogP contribution in [0.1, 0.15) is 48.2 Å². The highest BCUT2D eigenvalue weighted by Crippen LogP contribution is 2.34. The number of likely N-dealkylation sites (tertiary alicyclic amines) is 1. The first kappa shape index (κ1) is 16.1. The van der Waals surface area contributed by atoms with Gasteiger partial charge in [0.15, 0.2) is 11.5 Å². The van der Waals surface area contributed by atoms with E-state index in [-0.39, 0.29) is 17.9 Å². The first-order valence-corrected chi connectivity index (χ1v) is 9.01. The molecule has 2 heterocycles. The Labute approximate surface area is 147 Å². The van der Waals surface area contributed by atoms with Gasteiger partial charge in [-0.25, -0.2) is 0 Å². The molecule has 4 rings (SSSR count). The van der Waals surface area contributed by atoms with Gasteiger partial charge in [0.25, 0.3) is 5.91 Å². The second-order valence-corrected chi connectivity index (χ2v) is 7.12. The number of fused-ring (bicyclic) bond motifs is 1. The summed E-state index contributed by atoms with van der Waals surface area (Å²) in [5.41, 5.74) is 2.40. The van der Waals surface area contributed by atoms with Crippen molar-refractivity contribution in [3.63, 3.8) is 0 Å². The predicted molar refractivity (Wildman–Crippen MR) is 93.1 cm³/mol. The maximum absolute atomic E-state index is 13.0. The van der Waals surface area contributed by atoms with Crippen molar-refractivity contribution in [2.75, 3.05) is 6.54 Å². The van der Waals surface area contributed by atoms with Crippen LogP contribution in [0.4, 0.5) is 0 Å². The molecule has 0 radical (unpaired) electrons. The van der Waals surface area contributed by atoms with Gasteiger partial charge in [0, 0.05) is 36.6 Å². The lowest BCUT2D eigenvalue weighted by Gasteiger charge is -2.42. The number of nitrogens with zero attached hydrogens (tertiary/aromatic N) is 2. The van der Waals surface area contributed by atoms with Crippen molar-refractivity contribution in [1.29, 1.82) is 0 Å². The van der Waals surface area contributed by atoms with Crippen LogP contribution in [0.2, 0.25) is 0 Å². The van der Waals surface area contributed by atoms with Crippen molar-refractivity contribution in [1.82, 2.24) is 10.1 Å². The molecule has 1 saturated carbocycles. The third-order valence-electron chi connectivity index (χ3n) is 5.47. The zero-order valence-electron chi connectivity index (χ0n) is 14.4. The number of amides is 1. The standard InChI is InChI=1S/C20H22N2O3/c1-13-6-8-14(9-7-13)19-12-16(21-25-19)20(24)22-11-10-18(23)15-4-2-3-5-17(15)22/h6-9,12,15,17H,2-5,10-11H2,1H3/t15-,17-/m0/s1. The van der Waals surface area contributed by atoms with Crippen LogP contribution in [-0.2, 0) is 4.79 Å². The lowest BCUT2D eigenvalue weighted by molar-refractivity contribution is -0.129. The van der Waals surface area contributed by atoms with Crippen LogP contribution in [-0.4, -0.2) is 34.3 Å². The maximum Gasteiger partial charge on any atom is 0.276 e. The van der Waals surface area contributed by atoms with Crippen molar-refractivity contribution < 1.29 is 14.1 Å². The Morgan fingerprint density at radius 1 is 1.20 bits per heavy atom. The predicted octanol–water partition coefficient (Wildman–Crippen LogP) is 3.62. The van der Waals surface area contributed by atoms with Gasteiger partial charge in [-0.1, -0.05) is 47.8 Å². The van der Waals surface area contributed by atoms with Crippen molar-refractivity contribution in [2.24, 2.45) is 5.92 Å². The Morgan fingerprint density at radius 3 is 2.76 bits per heavy atom. The van der Waals surface area contributed by atoms with E-state index in [1.807, 2.05) is 36.1 Å². The van der Waals surface area contributed by atoms with Crippen molar-refractivity contribution in [3.05, 3.63) is 41.6 Å². The number of Topliss-reactive ketones (excluding diaryl/α,β-unsaturated/α-hetero) is 1. The zero-order valence-corrected chi connectivity index (χ0v) is 14.4. The molecule has 1 aliphatic heterocycles. The summed E-state index contributed by atoms with van der Waals surface area (Å²) < 4.78 is 5.40. The minimum atomic E-state index is -0.119. The SMILES string of the molecule is Cc1ccc(-c2cc(C(=O)N3CCC(=O)[C@H]4CCCC[C@@H]43)no2)cc1. The minimum Gasteiger partial charge on any atom is -0.355 e. The summed E-state index contributed by atoms with van der Waals surface area (Å²) in [5.74, 6) is 0.798. The first-order valence-electron chi connectivity index (χ1n) is 9.01. The Morgan fingerprint density at radius 2 is 1.96 bits per heavy atom. The van der Waals surface area contributed by atoms with Gasteiger partial charge < -0.3 is 9.42 Å². The number of hydrogen-bond donors (Lipinski definition) is 0. The molecular formula is C20H22N2O3. The fraction of sp³-hybridized carbons (Fsp3) is 0.450. The summed E-state index contributed by atoms with van der Waals surface area (Å²) in [7, 11) is 0. The molecule has 1 aliphatic carbocycles. The number of hydrogen-bond acceptors (Lipinski definition) is 4. The Hall–Kier alpha value is -2.43. The summed E-state index contributed by atoms with van der Waals surface area (Å²) in [6, 6.07) is 9.66. The first-order chi connectivity index (χ1) is 12.1. The van der Waals surface area contributed by atoms with E-state index in [2.05, 4.69) is 5.16 Å². The van der Waals surface area contributed by atoms with Crippen LogP contribution in [0.25, 0.3) is 11.3 Å². The fourth-order valence-electron chi connectivity index (χ4n) is 4.07. The van der Waals surface area contributed by atoms with E-state index in [0.29, 0.717) is 30.2 Å². The average Bonchev–Trinajstić information content (AvgIpc) is 3.12. The van der Waals surface area contributed by atoms with Crippen molar-refractivity contribution in [3.8, 4) is 11.3 Å². The van der Waals surface area contributed by atoms with E-state index in [1.165, 1.54) is 5.56 Å². The largest absolute Gasteiger partial charge is 0.355 e. The third kappa shape index (κ3) is 2.99. The second-order valence-electron chi connectivity index (χ2n) is 7.12. The highest BCUT2D eigenvalue weighted by Gasteiger charge is 2.41. The molecule has 0 bridgehead atoms. The Bertz CT molecular complexity index is 794. The van der Waals surface area contributed by atoms with Gasteiger partial charge in [0.1, 0.15) is 5.78 Å². The van der Waals surface area contributed by atoms with E-state index >= 15 is 0 Å². The van der Waals surface area contributed by atoms with Gasteiger partial charge in [-0.3, -0.25) is 9.59 Å². The number of benzene rings is 1. The topological polar surface area (TPSA) is 63.4 Å². The number of aromatic nitrogens is 1. The molecule has 130 valence electrons. The number of ketones is 1. The van der Waals surface area contributed by atoms with Gasteiger partial charge in [-0.15, -0.1) is 0 Å². The molecule has 2 aromatic rings. The average molecular weight is 338 g/mol. The monoisotopic (exact) mass is 338 g/mol. The molecule has 0 spiro atoms. The van der Waals surface area contributed by atoms with Gasteiger partial charge in [0.2, 0.25) is 0 Å². The molecule has 2 atom stereocenters. The molecule has 1 aromatic heterocycles. The molecule has 25 heavy (non-hydrogen) atoms. The van der Waals surface area contributed by atoms with Crippen molar-refractivity contribution in [2.45, 2.75) is 45.1 Å². The normalized spacial score (nSPS) is 23.4. The molecule has 1 amide bonds. The zero-order chi connectivity index (χ0) is 17.4. The highest BCUT2D eigenvalue weighted by molar-refractivity contribution is 5.95. The van der Waals surface area contributed by atoms with Gasteiger partial charge in [0.05, 0.1) is 0 Å². The van der Waals surface area contributed by atoms with Crippen LogP contribution >= 0.6 is 0 Å². The molecular weight excluding hydrogens is 316 g/mol. The maximum atomic E-state index is 13.0. The summed E-state index contributed by atoms with van der Waals surface area (Å²) in [6.45, 7) is 2.52. The number of piperidine rings is 1. The van der Waals surface area contributed by atoms with E-state index in [1.54, 1.807) is 6.07 Å². The molecule has 0 unspecified atom stereocenters. The molecule has 1 saturated heterocycles. The third-order valence-corrected chi connectivity index (χ3v) is 5.47. The van der Waals surface area contributed by atoms with Gasteiger partial charge in [-0.05, 0) is 19.8 Å². The van der Waals surface area contributed by atoms with Crippen LogP contribution in [0.15, 0.2) is 34.9 Å². The minimum absolute atomic E-state index is 0.00919. The lowest BCUT2D eigenvalue weighted by atomic mass is 9.77. The van der Waals surface area contributed by atoms with Crippen LogP contribution in [0, 0.1) is 12.8 Å². The molecule has 5 heteroatoms. The molecule has 0 N–H and O–H groups in total. The van der Waals surface area contributed by atoms with Crippen LogP contribution < -0.4 is 0 Å². The summed E-state index contributed by atoms with van der Waals surface area (Å²) in [5, 5.41) is 4.00. The molecule has 2 aliphatic rings. The van der Waals surface area contributed by atoms with E-state index < -0.39 is 0 Å². The fourth-order valence-corrected chi connectivity index (χ4v) is 4.07. The van der Waals surface area contributed by atoms with Gasteiger partial charge in [-0.2, -0.15) is 0 Å². The molecule has 5 nitrogen and oxygen atoms in total. The summed E-state index contributed by atoms with van der Waals surface area (Å²) in [6.07, 6.45) is 4.42. The smallest absolute Gasteiger partial charge is 0.276 e. The number of carbonyl (C=O) groups is 2. The molecule has 1 aromatic carbocycles. The highest BCUT2D eigenvalue weighted by atomic mass is 16.5. The van der Waals surface area contributed by atoms with E-state index in [4.69, 9.17) is 4.52 Å². The number of rotatable bonds is 2. The van der Waals surface area contributed by atoms with Crippen LogP contribution in [0.5, 0.6) is 0 Å². The molecule has 2 fully saturated rings. The quantitative estimate of drug-likeness (QED) is 0.839.